The zero-order chi connectivity index (χ0) is 15.0. The Morgan fingerprint density at radius 2 is 2.19 bits per heavy atom. The molecule has 1 atom stereocenters. The second kappa shape index (κ2) is 5.30. The van der Waals surface area contributed by atoms with Gasteiger partial charge in [0.1, 0.15) is 5.52 Å². The Labute approximate surface area is 126 Å². The van der Waals surface area contributed by atoms with Crippen LogP contribution in [0, 0.1) is 0 Å². The molecule has 1 unspecified atom stereocenters. The molecule has 0 radical (unpaired) electrons. The smallest absolute Gasteiger partial charge is 0.154 e. The van der Waals surface area contributed by atoms with E-state index in [1.165, 1.54) is 12.8 Å². The fourth-order valence-corrected chi connectivity index (χ4v) is 3.06. The third-order valence-corrected chi connectivity index (χ3v) is 4.23. The Kier molecular flexibility index (Phi) is 3.61. The topological polar surface area (TPSA) is 45.5 Å². The van der Waals surface area contributed by atoms with E-state index in [9.17, 15) is 0 Å². The third kappa shape index (κ3) is 2.62. The van der Waals surface area contributed by atoms with Crippen LogP contribution in [0.4, 0.5) is 5.82 Å². The Balaban J connectivity index is 2.04. The van der Waals surface area contributed by atoms with Crippen LogP contribution in [-0.4, -0.2) is 40.8 Å². The van der Waals surface area contributed by atoms with E-state index in [2.05, 4.69) is 42.0 Å². The monoisotopic (exact) mass is 287 g/mol. The molecular formula is C16H25N5. The van der Waals surface area contributed by atoms with Gasteiger partial charge in [0.2, 0.25) is 0 Å². The van der Waals surface area contributed by atoms with Gasteiger partial charge in [-0.1, -0.05) is 20.8 Å². The average Bonchev–Trinajstić information content (AvgIpc) is 3.03. The minimum absolute atomic E-state index is 0.0542. The quantitative estimate of drug-likeness (QED) is 0.940. The fourth-order valence-electron chi connectivity index (χ4n) is 3.06. The number of aromatic nitrogens is 3. The molecule has 1 N–H and O–H groups in total. The number of nitrogens with zero attached hydrogens (tertiary/aromatic N) is 4. The SMILES string of the molecule is CNCC1CCCN1c1nccn2nc(C(C)(C)C)cc12. The molecule has 5 heteroatoms. The first kappa shape index (κ1) is 14.3. The highest BCUT2D eigenvalue weighted by atomic mass is 15.3. The lowest BCUT2D eigenvalue weighted by atomic mass is 9.92. The van der Waals surface area contributed by atoms with Gasteiger partial charge >= 0.3 is 0 Å². The first-order chi connectivity index (χ1) is 10.0. The summed E-state index contributed by atoms with van der Waals surface area (Å²) in [5, 5.41) is 8.02. The number of hydrogen-bond acceptors (Lipinski definition) is 4. The van der Waals surface area contributed by atoms with Crippen LogP contribution in [0.2, 0.25) is 0 Å². The zero-order valence-electron chi connectivity index (χ0n) is 13.4. The zero-order valence-corrected chi connectivity index (χ0v) is 13.4. The van der Waals surface area contributed by atoms with E-state index >= 15 is 0 Å². The maximum Gasteiger partial charge on any atom is 0.154 e. The largest absolute Gasteiger partial charge is 0.351 e. The molecular weight excluding hydrogens is 262 g/mol. The summed E-state index contributed by atoms with van der Waals surface area (Å²) in [5.41, 5.74) is 2.28. The highest BCUT2D eigenvalue weighted by Crippen LogP contribution is 2.30. The molecule has 3 heterocycles. The van der Waals surface area contributed by atoms with Crippen LogP contribution >= 0.6 is 0 Å². The molecule has 0 aromatic carbocycles. The van der Waals surface area contributed by atoms with Crippen LogP contribution < -0.4 is 10.2 Å². The van der Waals surface area contributed by atoms with E-state index in [-0.39, 0.29) is 5.41 Å². The van der Waals surface area contributed by atoms with Crippen molar-refractivity contribution in [3.8, 4) is 0 Å². The maximum absolute atomic E-state index is 4.72. The molecule has 1 saturated heterocycles. The summed E-state index contributed by atoms with van der Waals surface area (Å²) in [4.78, 5) is 7.08. The van der Waals surface area contributed by atoms with Gasteiger partial charge in [-0.05, 0) is 26.0 Å². The molecule has 21 heavy (non-hydrogen) atoms. The van der Waals surface area contributed by atoms with Crippen LogP contribution in [0.3, 0.4) is 0 Å². The molecule has 0 aliphatic carbocycles. The van der Waals surface area contributed by atoms with E-state index in [0.717, 1.165) is 30.1 Å². The van der Waals surface area contributed by atoms with Gasteiger partial charge in [0.25, 0.3) is 0 Å². The Bertz CT molecular complexity index is 625. The number of fused-ring (bicyclic) bond motifs is 1. The van der Waals surface area contributed by atoms with Crippen molar-refractivity contribution in [2.75, 3.05) is 25.0 Å². The molecule has 1 aliphatic rings. The standard InChI is InChI=1S/C16H25N5/c1-16(2,3)14-10-13-15(18-7-9-21(13)19-14)20-8-5-6-12(20)11-17-4/h7,9-10,12,17H,5-6,8,11H2,1-4H3. The predicted molar refractivity (Wildman–Crippen MR) is 86.0 cm³/mol. The van der Waals surface area contributed by atoms with Gasteiger partial charge in [0.05, 0.1) is 5.69 Å². The number of nitrogens with one attached hydrogen (secondary N) is 1. The molecule has 0 saturated carbocycles. The summed E-state index contributed by atoms with van der Waals surface area (Å²) in [7, 11) is 2.01. The summed E-state index contributed by atoms with van der Waals surface area (Å²) in [5.74, 6) is 1.07. The summed E-state index contributed by atoms with van der Waals surface area (Å²) in [6.45, 7) is 8.67. The van der Waals surface area contributed by atoms with Gasteiger partial charge in [0.15, 0.2) is 5.82 Å². The summed E-state index contributed by atoms with van der Waals surface area (Å²) in [6.07, 6.45) is 6.26. The van der Waals surface area contributed by atoms with E-state index in [4.69, 9.17) is 5.10 Å². The van der Waals surface area contributed by atoms with Crippen molar-refractivity contribution >= 4 is 11.3 Å². The Morgan fingerprint density at radius 1 is 1.38 bits per heavy atom. The lowest BCUT2D eigenvalue weighted by Gasteiger charge is -2.25. The predicted octanol–water partition coefficient (Wildman–Crippen LogP) is 2.21. The molecule has 2 aromatic rings. The van der Waals surface area contributed by atoms with Gasteiger partial charge in [-0.25, -0.2) is 9.50 Å². The van der Waals surface area contributed by atoms with Crippen LogP contribution in [-0.2, 0) is 5.41 Å². The molecule has 3 rings (SSSR count). The number of anilines is 1. The van der Waals surface area contributed by atoms with Crippen molar-refractivity contribution in [1.82, 2.24) is 19.9 Å². The van der Waals surface area contributed by atoms with Gasteiger partial charge in [-0.3, -0.25) is 0 Å². The van der Waals surface area contributed by atoms with Crippen LogP contribution in [0.25, 0.3) is 5.52 Å². The van der Waals surface area contributed by atoms with Crippen molar-refractivity contribution in [3.63, 3.8) is 0 Å². The third-order valence-electron chi connectivity index (χ3n) is 4.23. The molecule has 114 valence electrons. The van der Waals surface area contributed by atoms with Crippen molar-refractivity contribution in [3.05, 3.63) is 24.2 Å². The average molecular weight is 287 g/mol. The summed E-state index contributed by atoms with van der Waals surface area (Å²) in [6, 6.07) is 2.72. The fraction of sp³-hybridized carbons (Fsp3) is 0.625. The Hall–Kier alpha value is -1.62. The molecule has 0 amide bonds. The molecule has 1 fully saturated rings. The van der Waals surface area contributed by atoms with Crippen molar-refractivity contribution in [1.29, 1.82) is 0 Å². The van der Waals surface area contributed by atoms with E-state index < -0.39 is 0 Å². The maximum atomic E-state index is 4.72. The van der Waals surface area contributed by atoms with Crippen molar-refractivity contribution < 1.29 is 0 Å². The Morgan fingerprint density at radius 3 is 2.90 bits per heavy atom. The molecule has 1 aliphatic heterocycles. The minimum atomic E-state index is 0.0542. The number of hydrogen-bond donors (Lipinski definition) is 1. The highest BCUT2D eigenvalue weighted by Gasteiger charge is 2.27. The van der Waals surface area contributed by atoms with E-state index in [1.807, 2.05) is 24.0 Å². The van der Waals surface area contributed by atoms with Gasteiger partial charge in [0, 0.05) is 36.9 Å². The second-order valence-electron chi connectivity index (χ2n) is 6.91. The first-order valence-electron chi connectivity index (χ1n) is 7.77. The second-order valence-corrected chi connectivity index (χ2v) is 6.91. The van der Waals surface area contributed by atoms with Crippen molar-refractivity contribution in [2.24, 2.45) is 0 Å². The lowest BCUT2D eigenvalue weighted by Crippen LogP contribution is -2.37. The van der Waals surface area contributed by atoms with Gasteiger partial charge in [-0.15, -0.1) is 0 Å². The number of likely N-dealkylation sites (N-methyl/N-ethyl adjacent to an activating group) is 1. The van der Waals surface area contributed by atoms with E-state index in [0.29, 0.717) is 6.04 Å². The van der Waals surface area contributed by atoms with Crippen LogP contribution in [0.15, 0.2) is 18.5 Å². The minimum Gasteiger partial charge on any atom is -0.351 e. The molecule has 5 nitrogen and oxygen atoms in total. The summed E-state index contributed by atoms with van der Waals surface area (Å²) < 4.78 is 1.97. The summed E-state index contributed by atoms with van der Waals surface area (Å²) >= 11 is 0. The van der Waals surface area contributed by atoms with E-state index in [1.54, 1.807) is 0 Å². The van der Waals surface area contributed by atoms with Gasteiger partial charge < -0.3 is 10.2 Å². The lowest BCUT2D eigenvalue weighted by molar-refractivity contribution is 0.562. The molecule has 0 spiro atoms. The molecule has 2 aromatic heterocycles. The normalized spacial score (nSPS) is 19.6. The van der Waals surface area contributed by atoms with Gasteiger partial charge in [-0.2, -0.15) is 5.10 Å². The number of rotatable bonds is 3. The van der Waals surface area contributed by atoms with Crippen LogP contribution in [0.5, 0.6) is 0 Å². The highest BCUT2D eigenvalue weighted by molar-refractivity contribution is 5.70. The molecule has 0 bridgehead atoms. The first-order valence-corrected chi connectivity index (χ1v) is 7.77. The van der Waals surface area contributed by atoms with Crippen LogP contribution in [0.1, 0.15) is 39.3 Å². The van der Waals surface area contributed by atoms with Crippen molar-refractivity contribution in [2.45, 2.75) is 45.1 Å².